The molecule has 0 unspecified atom stereocenters. The molecule has 1 amide bonds. The molecule has 2 rings (SSSR count). The van der Waals surface area contributed by atoms with E-state index in [1.54, 1.807) is 13.0 Å². The van der Waals surface area contributed by atoms with Crippen molar-refractivity contribution in [2.24, 2.45) is 5.92 Å². The van der Waals surface area contributed by atoms with Crippen LogP contribution in [-0.2, 0) is 4.79 Å². The highest BCUT2D eigenvalue weighted by Gasteiger charge is 2.15. The lowest BCUT2D eigenvalue weighted by Gasteiger charge is -2.06. The summed E-state index contributed by atoms with van der Waals surface area (Å²) in [6.45, 7) is 5.67. The lowest BCUT2D eigenvalue weighted by molar-refractivity contribution is -0.140. The largest absolute Gasteiger partial charge is 0.481 e. The molecule has 1 aromatic heterocycles. The number of aromatic nitrogens is 1. The summed E-state index contributed by atoms with van der Waals surface area (Å²) >= 11 is 0. The number of aliphatic carboxylic acids is 1. The van der Waals surface area contributed by atoms with Crippen molar-refractivity contribution in [3.8, 4) is 0 Å². The summed E-state index contributed by atoms with van der Waals surface area (Å²) in [7, 11) is 0. The van der Waals surface area contributed by atoms with Gasteiger partial charge in [0.05, 0.1) is 5.92 Å². The van der Waals surface area contributed by atoms with Gasteiger partial charge in [0, 0.05) is 17.4 Å². The smallest absolute Gasteiger partial charge is 0.308 e. The van der Waals surface area contributed by atoms with E-state index in [1.807, 2.05) is 19.9 Å². The average molecular weight is 274 g/mol. The van der Waals surface area contributed by atoms with Crippen LogP contribution in [0.1, 0.15) is 28.5 Å². The molecule has 0 saturated carbocycles. The number of aryl methyl sites for hydroxylation is 2. The van der Waals surface area contributed by atoms with Crippen LogP contribution in [0.15, 0.2) is 18.2 Å². The number of carboxylic acids is 1. The molecule has 3 N–H and O–H groups in total. The summed E-state index contributed by atoms with van der Waals surface area (Å²) in [5, 5.41) is 12.4. The molecule has 0 radical (unpaired) electrons. The van der Waals surface area contributed by atoms with Gasteiger partial charge in [-0.05, 0) is 37.1 Å². The van der Waals surface area contributed by atoms with E-state index in [0.717, 1.165) is 22.0 Å². The molecule has 2 aromatic rings. The van der Waals surface area contributed by atoms with Crippen molar-refractivity contribution in [2.75, 3.05) is 6.54 Å². The van der Waals surface area contributed by atoms with E-state index in [4.69, 9.17) is 5.11 Å². The van der Waals surface area contributed by atoms with Crippen LogP contribution in [0.5, 0.6) is 0 Å². The second-order valence-corrected chi connectivity index (χ2v) is 5.18. The molecule has 20 heavy (non-hydrogen) atoms. The quantitative estimate of drug-likeness (QED) is 0.799. The number of hydrogen-bond acceptors (Lipinski definition) is 2. The monoisotopic (exact) mass is 274 g/mol. The predicted octanol–water partition coefficient (Wildman–Crippen LogP) is 2.24. The number of aromatic amines is 1. The van der Waals surface area contributed by atoms with Gasteiger partial charge in [-0.15, -0.1) is 0 Å². The van der Waals surface area contributed by atoms with Crippen molar-refractivity contribution >= 4 is 22.8 Å². The molecule has 106 valence electrons. The Kier molecular flexibility index (Phi) is 3.79. The standard InChI is InChI=1S/C15H18N2O3/c1-8-4-9(2)11-6-13(17-12(11)5-8)14(18)16-7-10(3)15(19)20/h4-6,10,17H,7H2,1-3H3,(H,16,18)(H,19,20)/t10-/m1/s1. The minimum absolute atomic E-state index is 0.113. The number of rotatable bonds is 4. The van der Waals surface area contributed by atoms with Gasteiger partial charge in [0.15, 0.2) is 0 Å². The van der Waals surface area contributed by atoms with E-state index in [-0.39, 0.29) is 12.5 Å². The number of carboxylic acid groups (broad SMARTS) is 1. The topological polar surface area (TPSA) is 82.2 Å². The summed E-state index contributed by atoms with van der Waals surface area (Å²) in [4.78, 5) is 25.8. The van der Waals surface area contributed by atoms with Gasteiger partial charge in [-0.25, -0.2) is 0 Å². The van der Waals surface area contributed by atoms with E-state index in [2.05, 4.69) is 16.4 Å². The minimum Gasteiger partial charge on any atom is -0.481 e. The summed E-state index contributed by atoms with van der Waals surface area (Å²) in [5.74, 6) is -1.81. The second-order valence-electron chi connectivity index (χ2n) is 5.18. The first-order valence-electron chi connectivity index (χ1n) is 6.49. The Balaban J connectivity index is 2.19. The summed E-state index contributed by atoms with van der Waals surface area (Å²) in [6, 6.07) is 5.84. The number of carbonyl (C=O) groups excluding carboxylic acids is 1. The van der Waals surface area contributed by atoms with Crippen LogP contribution < -0.4 is 5.32 Å². The zero-order valence-electron chi connectivity index (χ0n) is 11.8. The third-order valence-electron chi connectivity index (χ3n) is 3.32. The Morgan fingerprint density at radius 2 is 2.00 bits per heavy atom. The fourth-order valence-electron chi connectivity index (χ4n) is 2.15. The van der Waals surface area contributed by atoms with Crippen LogP contribution in [-0.4, -0.2) is 28.5 Å². The molecule has 5 heteroatoms. The van der Waals surface area contributed by atoms with Crippen molar-refractivity contribution in [1.29, 1.82) is 0 Å². The van der Waals surface area contributed by atoms with Crippen LogP contribution in [0, 0.1) is 19.8 Å². The molecule has 1 heterocycles. The van der Waals surface area contributed by atoms with Gasteiger partial charge in [-0.2, -0.15) is 0 Å². The maximum atomic E-state index is 12.0. The van der Waals surface area contributed by atoms with Crippen molar-refractivity contribution in [3.63, 3.8) is 0 Å². The van der Waals surface area contributed by atoms with Crippen LogP contribution >= 0.6 is 0 Å². The van der Waals surface area contributed by atoms with Gasteiger partial charge in [-0.1, -0.05) is 13.0 Å². The molecule has 0 saturated heterocycles. The second kappa shape index (κ2) is 5.36. The van der Waals surface area contributed by atoms with Crippen molar-refractivity contribution < 1.29 is 14.7 Å². The highest BCUT2D eigenvalue weighted by Crippen LogP contribution is 2.21. The molecule has 5 nitrogen and oxygen atoms in total. The van der Waals surface area contributed by atoms with E-state index >= 15 is 0 Å². The highest BCUT2D eigenvalue weighted by atomic mass is 16.4. The van der Waals surface area contributed by atoms with Crippen LogP contribution in [0.25, 0.3) is 10.9 Å². The number of fused-ring (bicyclic) bond motifs is 1. The number of nitrogens with one attached hydrogen (secondary N) is 2. The van der Waals surface area contributed by atoms with Gasteiger partial charge in [0.25, 0.3) is 5.91 Å². The molecule has 1 atom stereocenters. The maximum absolute atomic E-state index is 12.0. The Hall–Kier alpha value is -2.30. The van der Waals surface area contributed by atoms with Gasteiger partial charge < -0.3 is 15.4 Å². The third kappa shape index (κ3) is 2.82. The zero-order valence-corrected chi connectivity index (χ0v) is 11.8. The predicted molar refractivity (Wildman–Crippen MR) is 76.9 cm³/mol. The molecular weight excluding hydrogens is 256 g/mol. The minimum atomic E-state index is -0.923. The summed E-state index contributed by atoms with van der Waals surface area (Å²) in [6.07, 6.45) is 0. The number of benzene rings is 1. The first-order chi connectivity index (χ1) is 9.38. The van der Waals surface area contributed by atoms with Crippen LogP contribution in [0.2, 0.25) is 0 Å². The molecule has 0 spiro atoms. The fourth-order valence-corrected chi connectivity index (χ4v) is 2.15. The Labute approximate surface area is 117 Å². The SMILES string of the molecule is Cc1cc(C)c2cc(C(=O)NC[C@@H](C)C(=O)O)[nH]c2c1. The average Bonchev–Trinajstić information content (AvgIpc) is 2.79. The lowest BCUT2D eigenvalue weighted by atomic mass is 10.1. The highest BCUT2D eigenvalue weighted by molar-refractivity contribution is 5.99. The van der Waals surface area contributed by atoms with Crippen LogP contribution in [0.4, 0.5) is 0 Å². The normalized spacial score (nSPS) is 12.3. The lowest BCUT2D eigenvalue weighted by Crippen LogP contribution is -2.31. The first kappa shape index (κ1) is 14.1. The summed E-state index contributed by atoms with van der Waals surface area (Å²) in [5.41, 5.74) is 3.60. The molecule has 0 aliphatic heterocycles. The summed E-state index contributed by atoms with van der Waals surface area (Å²) < 4.78 is 0. The molecular formula is C15H18N2O3. The van der Waals surface area contributed by atoms with Gasteiger partial charge in [-0.3, -0.25) is 9.59 Å². The zero-order chi connectivity index (χ0) is 14.9. The molecule has 0 bridgehead atoms. The van der Waals surface area contributed by atoms with E-state index in [0.29, 0.717) is 5.69 Å². The Morgan fingerprint density at radius 1 is 1.30 bits per heavy atom. The third-order valence-corrected chi connectivity index (χ3v) is 3.32. The molecule has 1 aromatic carbocycles. The van der Waals surface area contributed by atoms with E-state index < -0.39 is 11.9 Å². The van der Waals surface area contributed by atoms with Gasteiger partial charge in [0.2, 0.25) is 0 Å². The van der Waals surface area contributed by atoms with Crippen molar-refractivity contribution in [3.05, 3.63) is 35.0 Å². The molecule has 0 aliphatic rings. The fraction of sp³-hybridized carbons (Fsp3) is 0.333. The number of hydrogen-bond donors (Lipinski definition) is 3. The van der Waals surface area contributed by atoms with Crippen LogP contribution in [0.3, 0.4) is 0 Å². The Bertz CT molecular complexity index is 673. The van der Waals surface area contributed by atoms with Gasteiger partial charge >= 0.3 is 5.97 Å². The van der Waals surface area contributed by atoms with E-state index in [1.165, 1.54) is 0 Å². The molecule has 0 aliphatic carbocycles. The molecule has 0 fully saturated rings. The first-order valence-corrected chi connectivity index (χ1v) is 6.49. The number of amides is 1. The van der Waals surface area contributed by atoms with E-state index in [9.17, 15) is 9.59 Å². The number of H-pyrrole nitrogens is 1. The maximum Gasteiger partial charge on any atom is 0.308 e. The Morgan fingerprint density at radius 3 is 2.65 bits per heavy atom. The van der Waals surface area contributed by atoms with Gasteiger partial charge in [0.1, 0.15) is 5.69 Å². The number of carbonyl (C=O) groups is 2. The van der Waals surface area contributed by atoms with Crippen molar-refractivity contribution in [1.82, 2.24) is 10.3 Å². The van der Waals surface area contributed by atoms with Crippen molar-refractivity contribution in [2.45, 2.75) is 20.8 Å².